The highest BCUT2D eigenvalue weighted by Crippen LogP contribution is 2.45. The number of fused-ring (bicyclic) bond motifs is 1. The fourth-order valence-corrected chi connectivity index (χ4v) is 4.60. The number of hydrogen-bond acceptors (Lipinski definition) is 3. The number of aliphatic imine (C=N–C) groups is 1. The molecule has 0 aromatic heterocycles. The first-order valence-electron chi connectivity index (χ1n) is 11.4. The molecule has 3 nitrogen and oxygen atoms in total. The van der Waals surface area contributed by atoms with E-state index in [0.717, 1.165) is 43.9 Å². The van der Waals surface area contributed by atoms with Crippen LogP contribution in [0.25, 0.3) is 5.76 Å². The summed E-state index contributed by atoms with van der Waals surface area (Å²) in [7, 11) is 0. The zero-order valence-electron chi connectivity index (χ0n) is 19.1. The molecule has 0 N–H and O–H groups in total. The lowest BCUT2D eigenvalue weighted by Crippen LogP contribution is -2.17. The van der Waals surface area contributed by atoms with Gasteiger partial charge in [-0.05, 0) is 83.0 Å². The van der Waals surface area contributed by atoms with Crippen LogP contribution in [0.5, 0.6) is 11.5 Å². The second-order valence-corrected chi connectivity index (χ2v) is 8.93. The van der Waals surface area contributed by atoms with E-state index >= 15 is 0 Å². The maximum Gasteiger partial charge on any atom is 0.140 e. The van der Waals surface area contributed by atoms with Crippen LogP contribution >= 0.6 is 15.9 Å². The third-order valence-electron chi connectivity index (χ3n) is 5.84. The lowest BCUT2D eigenvalue weighted by molar-refractivity contribution is 0.340. The summed E-state index contributed by atoms with van der Waals surface area (Å²) in [6.07, 6.45) is 1.86. The van der Waals surface area contributed by atoms with E-state index < -0.39 is 0 Å². The molecule has 0 saturated heterocycles. The molecule has 0 unspecified atom stereocenters. The van der Waals surface area contributed by atoms with Crippen molar-refractivity contribution in [3.05, 3.63) is 130 Å². The summed E-state index contributed by atoms with van der Waals surface area (Å²) in [5.74, 6) is 1.81. The monoisotopic (exact) mass is 527 g/mol. The second kappa shape index (κ2) is 10.3. The van der Waals surface area contributed by atoms with Crippen molar-refractivity contribution in [2.75, 3.05) is 6.61 Å². The van der Waals surface area contributed by atoms with Gasteiger partial charge in [0, 0.05) is 33.3 Å². The summed E-state index contributed by atoms with van der Waals surface area (Å²) >= 11 is 3.58. The summed E-state index contributed by atoms with van der Waals surface area (Å²) in [4.78, 5) is 4.81. The summed E-state index contributed by atoms with van der Waals surface area (Å²) in [5.41, 5.74) is 4.56. The molecule has 1 heterocycles. The second-order valence-electron chi connectivity index (χ2n) is 8.08. The van der Waals surface area contributed by atoms with E-state index in [2.05, 4.69) is 15.9 Å². The first-order chi connectivity index (χ1) is 17.1. The van der Waals surface area contributed by atoms with Gasteiger partial charge in [-0.1, -0.05) is 42.5 Å². The molecule has 1 aliphatic heterocycles. The van der Waals surface area contributed by atoms with Crippen LogP contribution in [-0.2, 0) is 0 Å². The molecule has 0 spiro atoms. The van der Waals surface area contributed by atoms with Gasteiger partial charge in [-0.15, -0.1) is 0 Å². The third kappa shape index (κ3) is 4.91. The number of para-hydroxylation sites is 2. The van der Waals surface area contributed by atoms with E-state index in [-0.39, 0.29) is 11.7 Å². The predicted octanol–water partition coefficient (Wildman–Crippen LogP) is 8.33. The lowest BCUT2D eigenvalue weighted by Gasteiger charge is -2.30. The van der Waals surface area contributed by atoms with E-state index in [1.54, 1.807) is 0 Å². The first-order valence-corrected chi connectivity index (χ1v) is 12.2. The number of rotatable bonds is 6. The molecule has 0 bridgehead atoms. The smallest absolute Gasteiger partial charge is 0.140 e. The summed E-state index contributed by atoms with van der Waals surface area (Å²) in [5, 5.41) is 0. The quantitative estimate of drug-likeness (QED) is 0.236. The van der Waals surface area contributed by atoms with Crippen molar-refractivity contribution in [1.29, 1.82) is 0 Å². The van der Waals surface area contributed by atoms with E-state index in [1.165, 1.54) is 12.1 Å². The molecule has 1 aliphatic rings. The topological polar surface area (TPSA) is 30.8 Å². The van der Waals surface area contributed by atoms with E-state index in [1.807, 2.05) is 98.1 Å². The SMILES string of the molecule is CCOc1ccc(C2=C(C=Nc3ccccc3Br)[C@H](c3ccc(F)cc3)c3ccccc3O2)cc1. The van der Waals surface area contributed by atoms with E-state index in [4.69, 9.17) is 14.5 Å². The van der Waals surface area contributed by atoms with Gasteiger partial charge >= 0.3 is 0 Å². The van der Waals surface area contributed by atoms with E-state index in [0.29, 0.717) is 12.4 Å². The van der Waals surface area contributed by atoms with Gasteiger partial charge in [-0.2, -0.15) is 0 Å². The number of allylic oxidation sites excluding steroid dienone is 1. The van der Waals surface area contributed by atoms with Crippen LogP contribution in [0.1, 0.15) is 29.5 Å². The molecule has 0 radical (unpaired) electrons. The number of nitrogens with zero attached hydrogens (tertiary/aromatic N) is 1. The molecule has 0 amide bonds. The maximum atomic E-state index is 13.8. The third-order valence-corrected chi connectivity index (χ3v) is 6.51. The Hall–Kier alpha value is -3.70. The minimum absolute atomic E-state index is 0.187. The van der Waals surface area contributed by atoms with Crippen LogP contribution in [-0.4, -0.2) is 12.8 Å². The average Bonchev–Trinajstić information content (AvgIpc) is 2.89. The van der Waals surface area contributed by atoms with Crippen molar-refractivity contribution in [3.63, 3.8) is 0 Å². The fourth-order valence-electron chi connectivity index (χ4n) is 4.22. The number of hydrogen-bond donors (Lipinski definition) is 0. The van der Waals surface area contributed by atoms with Crippen molar-refractivity contribution < 1.29 is 13.9 Å². The molecule has 5 heteroatoms. The lowest BCUT2D eigenvalue weighted by atomic mass is 9.81. The predicted molar refractivity (Wildman–Crippen MR) is 142 cm³/mol. The fraction of sp³-hybridized carbons (Fsp3) is 0.100. The molecule has 0 aliphatic carbocycles. The van der Waals surface area contributed by atoms with Crippen LogP contribution in [0.4, 0.5) is 10.1 Å². The number of benzene rings is 4. The molecule has 5 rings (SSSR count). The first kappa shape index (κ1) is 23.1. The Morgan fingerprint density at radius 3 is 2.37 bits per heavy atom. The maximum absolute atomic E-state index is 13.8. The minimum atomic E-state index is -0.270. The van der Waals surface area contributed by atoms with Gasteiger partial charge in [0.25, 0.3) is 0 Å². The Bertz CT molecular complexity index is 1390. The van der Waals surface area contributed by atoms with Crippen LogP contribution in [0.15, 0.2) is 112 Å². The standard InChI is InChI=1S/C30H23BrFNO2/c1-2-34-23-17-13-21(14-18-23)30-25(19-33-27-9-5-4-8-26(27)31)29(20-11-15-22(32)16-12-20)24-7-3-6-10-28(24)35-30/h3-19,29H,2H2,1H3/t29-/m1/s1. The van der Waals surface area contributed by atoms with Crippen molar-refractivity contribution in [2.45, 2.75) is 12.8 Å². The van der Waals surface area contributed by atoms with Gasteiger partial charge in [-0.3, -0.25) is 4.99 Å². The zero-order chi connectivity index (χ0) is 24.2. The van der Waals surface area contributed by atoms with Crippen LogP contribution < -0.4 is 9.47 Å². The van der Waals surface area contributed by atoms with Crippen molar-refractivity contribution in [1.82, 2.24) is 0 Å². The van der Waals surface area contributed by atoms with Gasteiger partial charge < -0.3 is 9.47 Å². The van der Waals surface area contributed by atoms with Crippen LogP contribution in [0.2, 0.25) is 0 Å². The van der Waals surface area contributed by atoms with Gasteiger partial charge in [0.15, 0.2) is 0 Å². The van der Waals surface area contributed by atoms with E-state index in [9.17, 15) is 4.39 Å². The minimum Gasteiger partial charge on any atom is -0.494 e. The Labute approximate surface area is 212 Å². The van der Waals surface area contributed by atoms with Crippen LogP contribution in [0, 0.1) is 5.82 Å². The van der Waals surface area contributed by atoms with Crippen molar-refractivity contribution in [2.24, 2.45) is 4.99 Å². The molecule has 4 aromatic carbocycles. The van der Waals surface area contributed by atoms with Gasteiger partial charge in [-0.25, -0.2) is 4.39 Å². The summed E-state index contributed by atoms with van der Waals surface area (Å²) in [6.45, 7) is 2.56. The largest absolute Gasteiger partial charge is 0.494 e. The molecular formula is C30H23BrFNO2. The van der Waals surface area contributed by atoms with Crippen LogP contribution in [0.3, 0.4) is 0 Å². The summed E-state index contributed by atoms with van der Waals surface area (Å²) < 4.78 is 26.8. The van der Waals surface area contributed by atoms with Crippen molar-refractivity contribution in [3.8, 4) is 11.5 Å². The Morgan fingerprint density at radius 2 is 1.63 bits per heavy atom. The normalized spacial score (nSPS) is 15.1. The molecule has 4 aromatic rings. The number of ether oxygens (including phenoxy) is 2. The highest BCUT2D eigenvalue weighted by Gasteiger charge is 2.31. The molecular weight excluding hydrogens is 505 g/mol. The Kier molecular flexibility index (Phi) is 6.77. The van der Waals surface area contributed by atoms with Crippen molar-refractivity contribution >= 4 is 33.6 Å². The Morgan fingerprint density at radius 1 is 0.914 bits per heavy atom. The highest BCUT2D eigenvalue weighted by atomic mass is 79.9. The molecule has 0 fully saturated rings. The number of halogens is 2. The zero-order valence-corrected chi connectivity index (χ0v) is 20.7. The Balaban J connectivity index is 1.71. The summed E-state index contributed by atoms with van der Waals surface area (Å²) in [6, 6.07) is 30.2. The molecule has 174 valence electrons. The molecule has 0 saturated carbocycles. The van der Waals surface area contributed by atoms with Gasteiger partial charge in [0.2, 0.25) is 0 Å². The highest BCUT2D eigenvalue weighted by molar-refractivity contribution is 9.10. The molecule has 35 heavy (non-hydrogen) atoms. The molecule has 1 atom stereocenters. The average molecular weight is 528 g/mol. The van der Waals surface area contributed by atoms with Gasteiger partial charge in [0.05, 0.1) is 12.3 Å². The van der Waals surface area contributed by atoms with Gasteiger partial charge in [0.1, 0.15) is 23.1 Å².